The predicted molar refractivity (Wildman–Crippen MR) is 50.7 cm³/mol. The smallest absolute Gasteiger partial charge is 0.308 e. The van der Waals surface area contributed by atoms with Gasteiger partial charge in [0.15, 0.2) is 0 Å². The SMILES string of the molecule is CCCC(C(=O)O)C1CNCCN1. The highest BCUT2D eigenvalue weighted by Crippen LogP contribution is 2.12. The summed E-state index contributed by atoms with van der Waals surface area (Å²) in [6.45, 7) is 4.61. The molecule has 4 heteroatoms. The van der Waals surface area contributed by atoms with Gasteiger partial charge in [0, 0.05) is 25.7 Å². The van der Waals surface area contributed by atoms with Gasteiger partial charge in [0.2, 0.25) is 0 Å². The van der Waals surface area contributed by atoms with Crippen LogP contribution in [0.1, 0.15) is 19.8 Å². The lowest BCUT2D eigenvalue weighted by atomic mass is 9.94. The summed E-state index contributed by atoms with van der Waals surface area (Å²) in [4.78, 5) is 10.9. The standard InChI is InChI=1S/C9H18N2O2/c1-2-3-7(9(12)13)8-6-10-4-5-11-8/h7-8,10-11H,2-6H2,1H3,(H,12,13). The van der Waals surface area contributed by atoms with Crippen LogP contribution in [0.25, 0.3) is 0 Å². The molecule has 76 valence electrons. The first-order valence-corrected chi connectivity index (χ1v) is 4.92. The van der Waals surface area contributed by atoms with E-state index in [0.717, 1.165) is 32.5 Å². The Hall–Kier alpha value is -0.610. The summed E-state index contributed by atoms with van der Waals surface area (Å²) in [5.74, 6) is -0.916. The molecule has 0 aliphatic carbocycles. The highest BCUT2D eigenvalue weighted by molar-refractivity contribution is 5.70. The molecular formula is C9H18N2O2. The van der Waals surface area contributed by atoms with Gasteiger partial charge >= 0.3 is 5.97 Å². The Morgan fingerprint density at radius 1 is 1.62 bits per heavy atom. The molecule has 2 unspecified atom stereocenters. The molecule has 0 bridgehead atoms. The lowest BCUT2D eigenvalue weighted by Crippen LogP contribution is -2.53. The van der Waals surface area contributed by atoms with E-state index in [1.165, 1.54) is 0 Å². The Morgan fingerprint density at radius 3 is 2.85 bits per heavy atom. The minimum atomic E-state index is -0.678. The van der Waals surface area contributed by atoms with E-state index in [2.05, 4.69) is 10.6 Å². The van der Waals surface area contributed by atoms with Crippen molar-refractivity contribution in [3.05, 3.63) is 0 Å². The van der Waals surface area contributed by atoms with E-state index in [9.17, 15) is 4.79 Å². The Morgan fingerprint density at radius 2 is 2.38 bits per heavy atom. The van der Waals surface area contributed by atoms with Crippen molar-refractivity contribution < 1.29 is 9.90 Å². The molecule has 1 heterocycles. The number of piperazine rings is 1. The van der Waals surface area contributed by atoms with Crippen LogP contribution in [0.3, 0.4) is 0 Å². The number of aliphatic carboxylic acids is 1. The fourth-order valence-corrected chi connectivity index (χ4v) is 1.77. The van der Waals surface area contributed by atoms with E-state index >= 15 is 0 Å². The van der Waals surface area contributed by atoms with E-state index in [0.29, 0.717) is 0 Å². The van der Waals surface area contributed by atoms with Crippen molar-refractivity contribution in [1.82, 2.24) is 10.6 Å². The Bertz CT molecular complexity index is 167. The fraction of sp³-hybridized carbons (Fsp3) is 0.889. The quantitative estimate of drug-likeness (QED) is 0.580. The number of hydrogen-bond donors (Lipinski definition) is 3. The lowest BCUT2D eigenvalue weighted by Gasteiger charge is -2.29. The number of carbonyl (C=O) groups is 1. The maximum atomic E-state index is 10.9. The van der Waals surface area contributed by atoms with Gasteiger partial charge in [0.25, 0.3) is 0 Å². The number of carboxylic acid groups (broad SMARTS) is 1. The molecule has 0 amide bonds. The minimum absolute atomic E-state index is 0.103. The summed E-state index contributed by atoms with van der Waals surface area (Å²) in [7, 11) is 0. The average Bonchev–Trinajstić information content (AvgIpc) is 2.15. The summed E-state index contributed by atoms with van der Waals surface area (Å²) in [6, 6.07) is 0.103. The highest BCUT2D eigenvalue weighted by Gasteiger charge is 2.27. The van der Waals surface area contributed by atoms with E-state index in [4.69, 9.17) is 5.11 Å². The van der Waals surface area contributed by atoms with Gasteiger partial charge in [-0.3, -0.25) is 4.79 Å². The van der Waals surface area contributed by atoms with E-state index in [1.807, 2.05) is 6.92 Å². The van der Waals surface area contributed by atoms with Gasteiger partial charge in [-0.05, 0) is 6.42 Å². The number of hydrogen-bond acceptors (Lipinski definition) is 3. The Kier molecular flexibility index (Phi) is 4.18. The van der Waals surface area contributed by atoms with Crippen LogP contribution in [0.2, 0.25) is 0 Å². The summed E-state index contributed by atoms with van der Waals surface area (Å²) in [5.41, 5.74) is 0. The summed E-state index contributed by atoms with van der Waals surface area (Å²) in [6.07, 6.45) is 1.68. The minimum Gasteiger partial charge on any atom is -0.481 e. The van der Waals surface area contributed by atoms with Crippen molar-refractivity contribution in [3.8, 4) is 0 Å². The largest absolute Gasteiger partial charge is 0.481 e. The third-order valence-corrected chi connectivity index (χ3v) is 2.48. The first-order chi connectivity index (χ1) is 6.25. The van der Waals surface area contributed by atoms with Crippen LogP contribution in [0.4, 0.5) is 0 Å². The van der Waals surface area contributed by atoms with Gasteiger partial charge in [0.1, 0.15) is 0 Å². The second kappa shape index (κ2) is 5.19. The summed E-state index contributed by atoms with van der Waals surface area (Å²) >= 11 is 0. The van der Waals surface area contributed by atoms with E-state index < -0.39 is 5.97 Å². The topological polar surface area (TPSA) is 61.4 Å². The van der Waals surface area contributed by atoms with Crippen molar-refractivity contribution >= 4 is 5.97 Å². The molecule has 0 spiro atoms. The van der Waals surface area contributed by atoms with Crippen LogP contribution >= 0.6 is 0 Å². The van der Waals surface area contributed by atoms with Crippen molar-refractivity contribution in [3.63, 3.8) is 0 Å². The fourth-order valence-electron chi connectivity index (χ4n) is 1.77. The molecular weight excluding hydrogens is 168 g/mol. The van der Waals surface area contributed by atoms with Crippen LogP contribution in [-0.4, -0.2) is 36.8 Å². The van der Waals surface area contributed by atoms with Gasteiger partial charge in [-0.25, -0.2) is 0 Å². The van der Waals surface area contributed by atoms with Crippen LogP contribution in [0, 0.1) is 5.92 Å². The molecule has 1 fully saturated rings. The Balaban J connectivity index is 2.46. The van der Waals surface area contributed by atoms with Crippen LogP contribution in [-0.2, 0) is 4.79 Å². The van der Waals surface area contributed by atoms with E-state index in [1.54, 1.807) is 0 Å². The molecule has 0 saturated carbocycles. The number of carboxylic acids is 1. The molecule has 4 nitrogen and oxygen atoms in total. The van der Waals surface area contributed by atoms with Gasteiger partial charge in [-0.2, -0.15) is 0 Å². The Labute approximate surface area is 78.7 Å². The van der Waals surface area contributed by atoms with Crippen LogP contribution in [0.5, 0.6) is 0 Å². The zero-order valence-corrected chi connectivity index (χ0v) is 8.05. The average molecular weight is 186 g/mol. The summed E-state index contributed by atoms with van der Waals surface area (Å²) < 4.78 is 0. The zero-order chi connectivity index (χ0) is 9.68. The second-order valence-corrected chi connectivity index (χ2v) is 3.50. The van der Waals surface area contributed by atoms with Gasteiger partial charge < -0.3 is 15.7 Å². The normalized spacial score (nSPS) is 25.5. The number of rotatable bonds is 4. The van der Waals surface area contributed by atoms with Crippen LogP contribution in [0.15, 0.2) is 0 Å². The van der Waals surface area contributed by atoms with Crippen LogP contribution < -0.4 is 10.6 Å². The van der Waals surface area contributed by atoms with E-state index in [-0.39, 0.29) is 12.0 Å². The molecule has 1 aliphatic heterocycles. The molecule has 2 atom stereocenters. The van der Waals surface area contributed by atoms with Crippen molar-refractivity contribution in [2.75, 3.05) is 19.6 Å². The molecule has 0 aromatic heterocycles. The first kappa shape index (κ1) is 10.5. The van der Waals surface area contributed by atoms with Gasteiger partial charge in [-0.15, -0.1) is 0 Å². The molecule has 1 aliphatic rings. The maximum Gasteiger partial charge on any atom is 0.308 e. The first-order valence-electron chi connectivity index (χ1n) is 4.92. The monoisotopic (exact) mass is 186 g/mol. The second-order valence-electron chi connectivity index (χ2n) is 3.50. The third-order valence-electron chi connectivity index (χ3n) is 2.48. The summed E-state index contributed by atoms with van der Waals surface area (Å²) in [5, 5.41) is 15.4. The van der Waals surface area contributed by atoms with Crippen molar-refractivity contribution in [2.45, 2.75) is 25.8 Å². The molecule has 1 rings (SSSR count). The van der Waals surface area contributed by atoms with Crippen molar-refractivity contribution in [2.24, 2.45) is 5.92 Å². The van der Waals surface area contributed by atoms with Crippen molar-refractivity contribution in [1.29, 1.82) is 0 Å². The molecule has 0 radical (unpaired) electrons. The maximum absolute atomic E-state index is 10.9. The zero-order valence-electron chi connectivity index (χ0n) is 8.05. The molecule has 3 N–H and O–H groups in total. The third kappa shape index (κ3) is 2.97. The predicted octanol–water partition coefficient (Wildman–Crippen LogP) is 0.0487. The molecule has 0 aromatic rings. The number of nitrogens with one attached hydrogen (secondary N) is 2. The van der Waals surface area contributed by atoms with Gasteiger partial charge in [-0.1, -0.05) is 13.3 Å². The molecule has 0 aromatic carbocycles. The highest BCUT2D eigenvalue weighted by atomic mass is 16.4. The van der Waals surface area contributed by atoms with Gasteiger partial charge in [0.05, 0.1) is 5.92 Å². The lowest BCUT2D eigenvalue weighted by molar-refractivity contribution is -0.143. The molecule has 1 saturated heterocycles. The molecule has 13 heavy (non-hydrogen) atoms.